The minimum atomic E-state index is -0.765. The lowest BCUT2D eigenvalue weighted by molar-refractivity contribution is -0.128. The molecule has 114 valence electrons. The molecule has 3 rings (SSSR count). The van der Waals surface area contributed by atoms with Crippen molar-refractivity contribution < 1.29 is 18.8 Å². The van der Waals surface area contributed by atoms with E-state index in [1.54, 1.807) is 0 Å². The number of urea groups is 1. The maximum atomic E-state index is 12.2. The smallest absolute Gasteiger partial charge is 0.327 e. The van der Waals surface area contributed by atoms with E-state index in [0.29, 0.717) is 32.1 Å². The molecule has 2 saturated heterocycles. The van der Waals surface area contributed by atoms with Gasteiger partial charge in [-0.3, -0.25) is 14.6 Å². The Kier molecular flexibility index (Phi) is 3.84. The molecule has 0 spiro atoms. The van der Waals surface area contributed by atoms with Gasteiger partial charge in [0.05, 0.1) is 19.4 Å². The highest BCUT2D eigenvalue weighted by Gasteiger charge is 2.46. The first-order chi connectivity index (χ1) is 10.2. The second-order valence-electron chi connectivity index (χ2n) is 5.05. The van der Waals surface area contributed by atoms with Crippen molar-refractivity contribution in [2.75, 3.05) is 46.4 Å². The van der Waals surface area contributed by atoms with E-state index in [1.807, 2.05) is 0 Å². The molecule has 1 aromatic heterocycles. The van der Waals surface area contributed by atoms with Gasteiger partial charge in [-0.25, -0.2) is 4.79 Å². The van der Waals surface area contributed by atoms with Crippen molar-refractivity contribution in [2.24, 2.45) is 0 Å². The highest BCUT2D eigenvalue weighted by molar-refractivity contribution is 6.04. The first-order valence-electron chi connectivity index (χ1n) is 6.84. The fourth-order valence-corrected chi connectivity index (χ4v) is 2.58. The fourth-order valence-electron chi connectivity index (χ4n) is 2.58. The number of carbonyl (C=O) groups excluding carboxylic acids is 2. The molecular formula is C12H17N5O4. The van der Waals surface area contributed by atoms with Crippen LogP contribution in [0.25, 0.3) is 0 Å². The Morgan fingerprint density at radius 2 is 2.05 bits per heavy atom. The average Bonchev–Trinajstić information content (AvgIpc) is 3.10. The van der Waals surface area contributed by atoms with E-state index in [-0.39, 0.29) is 11.9 Å². The van der Waals surface area contributed by atoms with Gasteiger partial charge in [0.15, 0.2) is 11.8 Å². The fraction of sp³-hybridized carbons (Fsp3) is 0.667. The van der Waals surface area contributed by atoms with Gasteiger partial charge < -0.3 is 14.2 Å². The third kappa shape index (κ3) is 2.61. The van der Waals surface area contributed by atoms with Gasteiger partial charge in [0.25, 0.3) is 5.91 Å². The largest absolute Gasteiger partial charge is 0.379 e. The van der Waals surface area contributed by atoms with Gasteiger partial charge >= 0.3 is 6.03 Å². The number of nitrogens with zero attached hydrogens (tertiary/aromatic N) is 5. The predicted molar refractivity (Wildman–Crippen MR) is 69.2 cm³/mol. The van der Waals surface area contributed by atoms with Crippen LogP contribution in [0.2, 0.25) is 0 Å². The number of imide groups is 1. The molecule has 3 amide bonds. The van der Waals surface area contributed by atoms with Crippen LogP contribution in [0, 0.1) is 0 Å². The summed E-state index contributed by atoms with van der Waals surface area (Å²) in [6.45, 7) is 4.19. The Morgan fingerprint density at radius 1 is 1.29 bits per heavy atom. The lowest BCUT2D eigenvalue weighted by Crippen LogP contribution is -2.42. The maximum absolute atomic E-state index is 12.2. The number of ether oxygens (including phenoxy) is 1. The number of hydrogen-bond donors (Lipinski definition) is 0. The van der Waals surface area contributed by atoms with E-state index < -0.39 is 6.04 Å². The van der Waals surface area contributed by atoms with Crippen molar-refractivity contribution in [2.45, 2.75) is 6.04 Å². The van der Waals surface area contributed by atoms with Gasteiger partial charge in [-0.05, 0) is 0 Å². The molecule has 3 heterocycles. The van der Waals surface area contributed by atoms with Gasteiger partial charge in [-0.2, -0.15) is 0 Å². The number of hydrogen-bond acceptors (Lipinski definition) is 7. The van der Waals surface area contributed by atoms with E-state index in [4.69, 9.17) is 9.26 Å². The zero-order chi connectivity index (χ0) is 14.8. The molecule has 0 saturated carbocycles. The molecule has 0 N–H and O–H groups in total. The van der Waals surface area contributed by atoms with Crippen molar-refractivity contribution >= 4 is 11.9 Å². The predicted octanol–water partition coefficient (Wildman–Crippen LogP) is -0.663. The van der Waals surface area contributed by atoms with E-state index in [1.165, 1.54) is 18.1 Å². The van der Waals surface area contributed by atoms with E-state index >= 15 is 0 Å². The van der Waals surface area contributed by atoms with Crippen molar-refractivity contribution in [1.82, 2.24) is 25.1 Å². The Labute approximate surface area is 121 Å². The van der Waals surface area contributed by atoms with Gasteiger partial charge in [0, 0.05) is 38.5 Å². The monoisotopic (exact) mass is 295 g/mol. The molecule has 2 aliphatic rings. The molecule has 1 aromatic rings. The SMILES string of the molecule is CN1C(=O)C(c2cnno2)N(CCN2CCOCC2)C1=O. The zero-order valence-electron chi connectivity index (χ0n) is 11.8. The summed E-state index contributed by atoms with van der Waals surface area (Å²) in [7, 11) is 1.47. The van der Waals surface area contributed by atoms with Crippen LogP contribution in [0.5, 0.6) is 0 Å². The summed E-state index contributed by atoms with van der Waals surface area (Å²) in [5.74, 6) is -0.0276. The molecule has 0 radical (unpaired) electrons. The minimum absolute atomic E-state index is 0.291. The molecule has 0 aromatic carbocycles. The Bertz CT molecular complexity index is 514. The molecule has 0 aliphatic carbocycles. The first-order valence-corrected chi connectivity index (χ1v) is 6.84. The number of rotatable bonds is 4. The van der Waals surface area contributed by atoms with Gasteiger partial charge in [-0.15, -0.1) is 5.10 Å². The summed E-state index contributed by atoms with van der Waals surface area (Å²) in [6, 6.07) is -1.09. The van der Waals surface area contributed by atoms with Crippen LogP contribution in [0.1, 0.15) is 11.8 Å². The maximum Gasteiger partial charge on any atom is 0.327 e. The van der Waals surface area contributed by atoms with Gasteiger partial charge in [0.1, 0.15) is 0 Å². The molecule has 1 atom stereocenters. The number of likely N-dealkylation sites (N-methyl/N-ethyl adjacent to an activating group) is 1. The summed E-state index contributed by atoms with van der Waals surface area (Å²) < 4.78 is 10.3. The Morgan fingerprint density at radius 3 is 2.71 bits per heavy atom. The zero-order valence-corrected chi connectivity index (χ0v) is 11.8. The molecule has 21 heavy (non-hydrogen) atoms. The Hall–Kier alpha value is -2.00. The highest BCUT2D eigenvalue weighted by Crippen LogP contribution is 2.29. The summed E-state index contributed by atoms with van der Waals surface area (Å²) in [4.78, 5) is 29.2. The molecular weight excluding hydrogens is 278 g/mol. The second-order valence-corrected chi connectivity index (χ2v) is 5.05. The van der Waals surface area contributed by atoms with Crippen molar-refractivity contribution in [3.8, 4) is 0 Å². The van der Waals surface area contributed by atoms with E-state index in [9.17, 15) is 9.59 Å². The van der Waals surface area contributed by atoms with Crippen LogP contribution >= 0.6 is 0 Å². The number of carbonyl (C=O) groups is 2. The van der Waals surface area contributed by atoms with Crippen LogP contribution < -0.4 is 0 Å². The molecule has 1 unspecified atom stereocenters. The molecule has 9 nitrogen and oxygen atoms in total. The normalized spacial score (nSPS) is 24.1. The van der Waals surface area contributed by atoms with Crippen LogP contribution in [0.15, 0.2) is 10.7 Å². The molecule has 9 heteroatoms. The van der Waals surface area contributed by atoms with Crippen molar-refractivity contribution in [3.63, 3.8) is 0 Å². The standard InChI is InChI=1S/C12H17N5O4/c1-15-11(18)10(9-8-13-14-21-9)17(12(15)19)3-2-16-4-6-20-7-5-16/h8,10H,2-7H2,1H3. The van der Waals surface area contributed by atoms with E-state index in [2.05, 4.69) is 15.3 Å². The van der Waals surface area contributed by atoms with Crippen LogP contribution in [0.3, 0.4) is 0 Å². The Balaban J connectivity index is 1.71. The molecule has 2 fully saturated rings. The van der Waals surface area contributed by atoms with Crippen LogP contribution in [-0.4, -0.2) is 83.4 Å². The molecule has 0 bridgehead atoms. The van der Waals surface area contributed by atoms with Crippen LogP contribution in [0.4, 0.5) is 4.79 Å². The molecule has 2 aliphatic heterocycles. The first kappa shape index (κ1) is 14.0. The lowest BCUT2D eigenvalue weighted by Gasteiger charge is -2.29. The summed E-state index contributed by atoms with van der Waals surface area (Å²) >= 11 is 0. The quantitative estimate of drug-likeness (QED) is 0.681. The second kappa shape index (κ2) is 5.78. The van der Waals surface area contributed by atoms with Gasteiger partial charge in [-0.1, -0.05) is 0 Å². The van der Waals surface area contributed by atoms with Crippen molar-refractivity contribution in [1.29, 1.82) is 0 Å². The number of amides is 3. The lowest BCUT2D eigenvalue weighted by atomic mass is 10.2. The number of aromatic nitrogens is 2. The third-order valence-electron chi connectivity index (χ3n) is 3.82. The van der Waals surface area contributed by atoms with Crippen LogP contribution in [-0.2, 0) is 9.53 Å². The van der Waals surface area contributed by atoms with Crippen molar-refractivity contribution in [3.05, 3.63) is 12.0 Å². The van der Waals surface area contributed by atoms with Gasteiger partial charge in [0.2, 0.25) is 0 Å². The van der Waals surface area contributed by atoms with E-state index in [0.717, 1.165) is 18.0 Å². The average molecular weight is 295 g/mol. The highest BCUT2D eigenvalue weighted by atomic mass is 16.5. The topological polar surface area (TPSA) is 92.0 Å². The summed E-state index contributed by atoms with van der Waals surface area (Å²) in [5, 5.41) is 6.96. The summed E-state index contributed by atoms with van der Waals surface area (Å²) in [5.41, 5.74) is 0. The number of morpholine rings is 1. The minimum Gasteiger partial charge on any atom is -0.379 e. The summed E-state index contributed by atoms with van der Waals surface area (Å²) in [6.07, 6.45) is 1.37. The third-order valence-corrected chi connectivity index (χ3v) is 3.82.